The SMILES string of the molecule is CN(C)c1ccc(N2C(=O)[C@@H]3C4c5ccccc5C(c5ccccc54)[C@@H]3C2=O)cc1. The van der Waals surface area contributed by atoms with Gasteiger partial charge in [0.2, 0.25) is 11.8 Å². The van der Waals surface area contributed by atoms with Crippen LogP contribution in [0.1, 0.15) is 34.1 Å². The predicted octanol–water partition coefficient (Wildman–Crippen LogP) is 4.15. The molecule has 4 nitrogen and oxygen atoms in total. The molecule has 1 fully saturated rings. The van der Waals surface area contributed by atoms with Crippen molar-refractivity contribution in [1.82, 2.24) is 0 Å². The average molecular weight is 394 g/mol. The van der Waals surface area contributed by atoms with Crippen LogP contribution in [0.4, 0.5) is 11.4 Å². The first-order valence-electron chi connectivity index (χ1n) is 10.4. The minimum Gasteiger partial charge on any atom is -0.378 e. The minimum atomic E-state index is -0.333. The van der Waals surface area contributed by atoms with E-state index in [2.05, 4.69) is 24.3 Å². The molecule has 0 unspecified atom stereocenters. The molecule has 4 aliphatic rings. The molecule has 1 aliphatic heterocycles. The number of nitrogens with zero attached hydrogens (tertiary/aromatic N) is 2. The van der Waals surface area contributed by atoms with Crippen LogP contribution < -0.4 is 9.80 Å². The molecule has 3 aromatic rings. The van der Waals surface area contributed by atoms with Gasteiger partial charge in [0, 0.05) is 31.6 Å². The smallest absolute Gasteiger partial charge is 0.238 e. The summed E-state index contributed by atoms with van der Waals surface area (Å²) in [4.78, 5) is 30.8. The summed E-state index contributed by atoms with van der Waals surface area (Å²) in [5, 5.41) is 0. The van der Waals surface area contributed by atoms with Crippen LogP contribution >= 0.6 is 0 Å². The molecule has 4 heteroatoms. The van der Waals surface area contributed by atoms with Gasteiger partial charge in [-0.1, -0.05) is 48.5 Å². The van der Waals surface area contributed by atoms with E-state index in [0.29, 0.717) is 5.69 Å². The van der Waals surface area contributed by atoms with Gasteiger partial charge in [-0.15, -0.1) is 0 Å². The third-order valence-electron chi connectivity index (χ3n) is 7.07. The van der Waals surface area contributed by atoms with E-state index >= 15 is 0 Å². The van der Waals surface area contributed by atoms with E-state index in [-0.39, 0.29) is 35.5 Å². The minimum absolute atomic E-state index is 0.0603. The zero-order valence-electron chi connectivity index (χ0n) is 16.9. The second-order valence-corrected chi connectivity index (χ2v) is 8.69. The summed E-state index contributed by atoms with van der Waals surface area (Å²) in [5.74, 6) is -0.922. The lowest BCUT2D eigenvalue weighted by Crippen LogP contribution is -2.41. The Balaban J connectivity index is 1.50. The standard InChI is InChI=1S/C26H22N2O2/c1-27(2)15-11-13-16(14-12-15)28-25(29)23-21-17-7-3-4-8-18(17)22(24(23)26(28)30)20-10-6-5-9-19(20)21/h3-14,21-24H,1-2H3/t21?,22?,23-,24+. The molecule has 0 N–H and O–H groups in total. The average Bonchev–Trinajstić information content (AvgIpc) is 3.04. The Labute approximate surface area is 175 Å². The van der Waals surface area contributed by atoms with Crippen LogP contribution in [0.5, 0.6) is 0 Å². The molecule has 2 bridgehead atoms. The van der Waals surface area contributed by atoms with E-state index in [1.807, 2.05) is 67.5 Å². The summed E-state index contributed by atoms with van der Waals surface area (Å²) in [6.45, 7) is 0. The lowest BCUT2D eigenvalue weighted by molar-refractivity contribution is -0.122. The van der Waals surface area contributed by atoms with Crippen molar-refractivity contribution >= 4 is 23.2 Å². The summed E-state index contributed by atoms with van der Waals surface area (Å²) in [6, 6.07) is 24.3. The molecule has 3 aliphatic carbocycles. The van der Waals surface area contributed by atoms with Gasteiger partial charge in [0.1, 0.15) is 0 Å². The highest BCUT2D eigenvalue weighted by molar-refractivity contribution is 6.23. The predicted molar refractivity (Wildman–Crippen MR) is 117 cm³/mol. The highest BCUT2D eigenvalue weighted by Gasteiger charge is 2.61. The van der Waals surface area contributed by atoms with Gasteiger partial charge in [-0.3, -0.25) is 9.59 Å². The Hall–Kier alpha value is -3.40. The van der Waals surface area contributed by atoms with E-state index in [1.54, 1.807) is 0 Å². The zero-order valence-corrected chi connectivity index (χ0v) is 16.9. The summed E-state index contributed by atoms with van der Waals surface area (Å²) >= 11 is 0. The second kappa shape index (κ2) is 6.05. The summed E-state index contributed by atoms with van der Waals surface area (Å²) in [5.41, 5.74) is 6.51. The molecule has 2 amide bonds. The number of amides is 2. The van der Waals surface area contributed by atoms with Gasteiger partial charge < -0.3 is 4.90 Å². The number of hydrogen-bond donors (Lipinski definition) is 0. The van der Waals surface area contributed by atoms with Crippen molar-refractivity contribution in [2.24, 2.45) is 11.8 Å². The summed E-state index contributed by atoms with van der Waals surface area (Å²) < 4.78 is 0. The first-order valence-corrected chi connectivity index (χ1v) is 10.4. The van der Waals surface area contributed by atoms with Crippen LogP contribution in [0, 0.1) is 11.8 Å². The Morgan fingerprint density at radius 2 is 1.03 bits per heavy atom. The fraction of sp³-hybridized carbons (Fsp3) is 0.231. The fourth-order valence-corrected chi connectivity index (χ4v) is 5.83. The Kier molecular flexibility index (Phi) is 3.52. The number of benzene rings is 3. The molecular formula is C26H22N2O2. The van der Waals surface area contributed by atoms with Crippen molar-refractivity contribution in [3.8, 4) is 0 Å². The summed E-state index contributed by atoms with van der Waals surface area (Å²) in [7, 11) is 3.95. The normalized spacial score (nSPS) is 25.7. The van der Waals surface area contributed by atoms with E-state index in [1.165, 1.54) is 27.2 Å². The van der Waals surface area contributed by atoms with Crippen LogP contribution in [-0.2, 0) is 9.59 Å². The molecule has 1 saturated heterocycles. The van der Waals surface area contributed by atoms with Gasteiger partial charge in [0.05, 0.1) is 17.5 Å². The van der Waals surface area contributed by atoms with Gasteiger partial charge in [0.15, 0.2) is 0 Å². The highest BCUT2D eigenvalue weighted by atomic mass is 16.2. The van der Waals surface area contributed by atoms with Crippen LogP contribution in [0.25, 0.3) is 0 Å². The molecule has 0 spiro atoms. The number of hydrogen-bond acceptors (Lipinski definition) is 3. The molecular weight excluding hydrogens is 372 g/mol. The third kappa shape index (κ3) is 2.11. The van der Waals surface area contributed by atoms with Crippen LogP contribution in [0.15, 0.2) is 72.8 Å². The van der Waals surface area contributed by atoms with Gasteiger partial charge in [0.25, 0.3) is 0 Å². The maximum absolute atomic E-state index is 13.7. The molecule has 2 atom stereocenters. The molecule has 148 valence electrons. The molecule has 3 aromatic carbocycles. The monoisotopic (exact) mass is 394 g/mol. The van der Waals surface area contributed by atoms with E-state index < -0.39 is 0 Å². The van der Waals surface area contributed by atoms with Gasteiger partial charge in [-0.05, 0) is 46.5 Å². The van der Waals surface area contributed by atoms with Crippen molar-refractivity contribution in [2.75, 3.05) is 23.9 Å². The van der Waals surface area contributed by atoms with Crippen LogP contribution in [0.3, 0.4) is 0 Å². The van der Waals surface area contributed by atoms with Gasteiger partial charge in [-0.25, -0.2) is 4.90 Å². The molecule has 0 radical (unpaired) electrons. The Morgan fingerprint density at radius 1 is 0.633 bits per heavy atom. The van der Waals surface area contributed by atoms with Crippen LogP contribution in [0.2, 0.25) is 0 Å². The highest BCUT2D eigenvalue weighted by Crippen LogP contribution is 2.61. The molecule has 0 aromatic heterocycles. The zero-order chi connectivity index (χ0) is 20.6. The maximum atomic E-state index is 13.7. The van der Waals surface area contributed by atoms with Crippen molar-refractivity contribution < 1.29 is 9.59 Å². The molecule has 1 heterocycles. The van der Waals surface area contributed by atoms with Crippen molar-refractivity contribution in [1.29, 1.82) is 0 Å². The van der Waals surface area contributed by atoms with E-state index in [0.717, 1.165) is 5.69 Å². The number of carbonyl (C=O) groups excluding carboxylic acids is 2. The maximum Gasteiger partial charge on any atom is 0.238 e. The number of rotatable bonds is 2. The number of anilines is 2. The van der Waals surface area contributed by atoms with Crippen LogP contribution in [-0.4, -0.2) is 25.9 Å². The fourth-order valence-electron chi connectivity index (χ4n) is 5.83. The third-order valence-corrected chi connectivity index (χ3v) is 7.07. The lowest BCUT2D eigenvalue weighted by Gasteiger charge is -2.45. The first-order chi connectivity index (χ1) is 14.6. The van der Waals surface area contributed by atoms with Gasteiger partial charge in [-0.2, -0.15) is 0 Å². The van der Waals surface area contributed by atoms with E-state index in [4.69, 9.17) is 0 Å². The van der Waals surface area contributed by atoms with Gasteiger partial charge >= 0.3 is 0 Å². The molecule has 30 heavy (non-hydrogen) atoms. The Bertz CT molecular complexity index is 1080. The van der Waals surface area contributed by atoms with E-state index in [9.17, 15) is 9.59 Å². The number of carbonyl (C=O) groups is 2. The Morgan fingerprint density at radius 3 is 1.40 bits per heavy atom. The number of imide groups is 1. The quantitative estimate of drug-likeness (QED) is 0.613. The van der Waals surface area contributed by atoms with Crippen molar-refractivity contribution in [3.05, 3.63) is 95.1 Å². The van der Waals surface area contributed by atoms with Crippen molar-refractivity contribution in [3.63, 3.8) is 0 Å². The molecule has 7 rings (SSSR count). The largest absolute Gasteiger partial charge is 0.378 e. The lowest BCUT2D eigenvalue weighted by atomic mass is 9.55. The first kappa shape index (κ1) is 17.5. The summed E-state index contributed by atoms with van der Waals surface area (Å²) in [6.07, 6.45) is 0. The molecule has 0 saturated carbocycles. The topological polar surface area (TPSA) is 40.6 Å². The van der Waals surface area contributed by atoms with Crippen molar-refractivity contribution in [2.45, 2.75) is 11.8 Å². The second-order valence-electron chi connectivity index (χ2n) is 8.69.